The van der Waals surface area contributed by atoms with Crippen molar-refractivity contribution in [3.63, 3.8) is 0 Å². The Hall–Kier alpha value is -0.340. The van der Waals surface area contributed by atoms with Gasteiger partial charge >= 0.3 is 0 Å². The molecule has 1 atom stereocenters. The van der Waals surface area contributed by atoms with Crippen molar-refractivity contribution in [1.82, 2.24) is 4.90 Å². The fraction of sp³-hybridized carbons (Fsp3) is 0.846. The van der Waals surface area contributed by atoms with E-state index in [1.54, 1.807) is 0 Å². The number of hydrogen-bond donors (Lipinski definition) is 1. The van der Waals surface area contributed by atoms with Gasteiger partial charge in [-0.05, 0) is 58.0 Å². The second-order valence-corrected chi connectivity index (χ2v) is 4.73. The molecule has 1 aliphatic rings. The Labute approximate surface area is 94.0 Å². The largest absolute Gasteiger partial charge is 0.396 e. The molecule has 1 saturated heterocycles. The smallest absolute Gasteiger partial charge is 0.0460 e. The predicted molar refractivity (Wildman–Crippen MR) is 64.9 cm³/mol. The Bertz CT molecular complexity index is 173. The molecule has 0 aliphatic carbocycles. The van der Waals surface area contributed by atoms with Crippen molar-refractivity contribution in [1.29, 1.82) is 0 Å². The first kappa shape index (κ1) is 12.7. The van der Waals surface area contributed by atoms with Gasteiger partial charge in [-0.3, -0.25) is 0 Å². The van der Waals surface area contributed by atoms with Crippen molar-refractivity contribution in [2.45, 2.75) is 45.1 Å². The van der Waals surface area contributed by atoms with Crippen LogP contribution in [0.25, 0.3) is 0 Å². The zero-order chi connectivity index (χ0) is 11.1. The number of aliphatic hydroxyl groups excluding tert-OH is 1. The zero-order valence-electron chi connectivity index (χ0n) is 9.99. The first-order valence-corrected chi connectivity index (χ1v) is 6.23. The van der Waals surface area contributed by atoms with E-state index in [2.05, 4.69) is 18.4 Å². The van der Waals surface area contributed by atoms with Gasteiger partial charge in [0.1, 0.15) is 0 Å². The lowest BCUT2D eigenvalue weighted by atomic mass is 9.96. The molecule has 15 heavy (non-hydrogen) atoms. The van der Waals surface area contributed by atoms with E-state index in [0.717, 1.165) is 6.42 Å². The molecular formula is C13H25NO. The van der Waals surface area contributed by atoms with Crippen molar-refractivity contribution in [2.24, 2.45) is 5.92 Å². The van der Waals surface area contributed by atoms with E-state index in [1.807, 2.05) is 6.08 Å². The zero-order valence-corrected chi connectivity index (χ0v) is 9.99. The van der Waals surface area contributed by atoms with Crippen LogP contribution < -0.4 is 0 Å². The van der Waals surface area contributed by atoms with E-state index < -0.39 is 0 Å². The Morgan fingerprint density at radius 2 is 2.13 bits per heavy atom. The topological polar surface area (TPSA) is 23.5 Å². The van der Waals surface area contributed by atoms with Gasteiger partial charge in [0, 0.05) is 12.6 Å². The molecule has 1 N–H and O–H groups in total. The molecule has 0 aromatic rings. The van der Waals surface area contributed by atoms with E-state index in [-0.39, 0.29) is 0 Å². The molecule has 2 nitrogen and oxygen atoms in total. The number of unbranched alkanes of at least 4 members (excludes halogenated alkanes) is 1. The minimum absolute atomic E-state index is 0.374. The van der Waals surface area contributed by atoms with Crippen molar-refractivity contribution in [2.75, 3.05) is 19.7 Å². The average molecular weight is 211 g/mol. The van der Waals surface area contributed by atoms with Crippen LogP contribution in [0, 0.1) is 5.92 Å². The maximum atomic E-state index is 9.06. The maximum absolute atomic E-state index is 9.06. The van der Waals surface area contributed by atoms with Crippen molar-refractivity contribution >= 4 is 0 Å². The molecule has 1 rings (SSSR count). The fourth-order valence-electron chi connectivity index (χ4n) is 2.32. The van der Waals surface area contributed by atoms with Crippen LogP contribution in [-0.4, -0.2) is 35.7 Å². The van der Waals surface area contributed by atoms with Crippen LogP contribution in [0.2, 0.25) is 0 Å². The number of allylic oxidation sites excluding steroid dienone is 1. The van der Waals surface area contributed by atoms with E-state index in [0.29, 0.717) is 18.6 Å². The first-order chi connectivity index (χ1) is 7.27. The number of likely N-dealkylation sites (tertiary alicyclic amines) is 1. The van der Waals surface area contributed by atoms with Gasteiger partial charge in [0.15, 0.2) is 0 Å². The molecular weight excluding hydrogens is 186 g/mol. The van der Waals surface area contributed by atoms with Crippen molar-refractivity contribution in [3.8, 4) is 0 Å². The first-order valence-electron chi connectivity index (χ1n) is 6.23. The second-order valence-electron chi connectivity index (χ2n) is 4.73. The molecule has 1 fully saturated rings. The van der Waals surface area contributed by atoms with Gasteiger partial charge in [-0.25, -0.2) is 0 Å². The fourth-order valence-corrected chi connectivity index (χ4v) is 2.32. The number of rotatable bonds is 6. The van der Waals surface area contributed by atoms with E-state index in [1.165, 1.54) is 38.8 Å². The summed E-state index contributed by atoms with van der Waals surface area (Å²) in [6.07, 6.45) is 8.01. The van der Waals surface area contributed by atoms with Gasteiger partial charge < -0.3 is 10.0 Å². The van der Waals surface area contributed by atoms with E-state index in [4.69, 9.17) is 5.11 Å². The van der Waals surface area contributed by atoms with Gasteiger partial charge in [-0.15, -0.1) is 6.58 Å². The highest BCUT2D eigenvalue weighted by atomic mass is 16.3. The third kappa shape index (κ3) is 4.35. The molecule has 0 aromatic heterocycles. The van der Waals surface area contributed by atoms with Crippen LogP contribution in [0.5, 0.6) is 0 Å². The average Bonchev–Trinajstić information content (AvgIpc) is 2.29. The lowest BCUT2D eigenvalue weighted by Crippen LogP contribution is -2.40. The summed E-state index contributed by atoms with van der Waals surface area (Å²) in [4.78, 5) is 2.56. The minimum Gasteiger partial charge on any atom is -0.396 e. The van der Waals surface area contributed by atoms with Crippen molar-refractivity contribution < 1.29 is 5.11 Å². The standard InChI is InChI=1S/C13H25NO/c1-3-4-5-6-12(2)14-9-7-13(11-15)8-10-14/h3,12-13,15H,1,4-11H2,2H3. The second kappa shape index (κ2) is 7.02. The molecule has 0 saturated carbocycles. The summed E-state index contributed by atoms with van der Waals surface area (Å²) in [6.45, 7) is 8.78. The van der Waals surface area contributed by atoms with Crippen LogP contribution in [0.4, 0.5) is 0 Å². The van der Waals surface area contributed by atoms with Crippen LogP contribution in [0.15, 0.2) is 12.7 Å². The normalized spacial score (nSPS) is 21.5. The third-order valence-corrected chi connectivity index (χ3v) is 3.56. The van der Waals surface area contributed by atoms with Gasteiger partial charge in [-0.2, -0.15) is 0 Å². The highest BCUT2D eigenvalue weighted by Gasteiger charge is 2.21. The molecule has 0 bridgehead atoms. The van der Waals surface area contributed by atoms with Crippen LogP contribution in [0.1, 0.15) is 39.0 Å². The summed E-state index contributed by atoms with van der Waals surface area (Å²) >= 11 is 0. The highest BCUT2D eigenvalue weighted by Crippen LogP contribution is 2.20. The van der Waals surface area contributed by atoms with Gasteiger partial charge in [0.2, 0.25) is 0 Å². The monoisotopic (exact) mass is 211 g/mol. The lowest BCUT2D eigenvalue weighted by Gasteiger charge is -2.35. The summed E-state index contributed by atoms with van der Waals surface area (Å²) in [6, 6.07) is 0.699. The summed E-state index contributed by atoms with van der Waals surface area (Å²) in [5.74, 6) is 0.557. The Balaban J connectivity index is 2.17. The van der Waals surface area contributed by atoms with Crippen LogP contribution in [0.3, 0.4) is 0 Å². The molecule has 0 aromatic carbocycles. The molecule has 0 amide bonds. The van der Waals surface area contributed by atoms with Gasteiger partial charge in [-0.1, -0.05) is 6.08 Å². The van der Waals surface area contributed by atoms with Crippen LogP contribution in [-0.2, 0) is 0 Å². The van der Waals surface area contributed by atoms with Gasteiger partial charge in [0.05, 0.1) is 0 Å². The van der Waals surface area contributed by atoms with E-state index in [9.17, 15) is 0 Å². The molecule has 1 unspecified atom stereocenters. The number of aliphatic hydroxyl groups is 1. The summed E-state index contributed by atoms with van der Waals surface area (Å²) < 4.78 is 0. The molecule has 2 heteroatoms. The summed E-state index contributed by atoms with van der Waals surface area (Å²) in [5.41, 5.74) is 0. The quantitative estimate of drug-likeness (QED) is 0.539. The van der Waals surface area contributed by atoms with Crippen molar-refractivity contribution in [3.05, 3.63) is 12.7 Å². The summed E-state index contributed by atoms with van der Waals surface area (Å²) in [5, 5.41) is 9.06. The van der Waals surface area contributed by atoms with Gasteiger partial charge in [0.25, 0.3) is 0 Å². The Morgan fingerprint density at radius 1 is 1.47 bits per heavy atom. The number of piperidine rings is 1. The Morgan fingerprint density at radius 3 is 2.67 bits per heavy atom. The molecule has 1 heterocycles. The van der Waals surface area contributed by atoms with Crippen LogP contribution >= 0.6 is 0 Å². The SMILES string of the molecule is C=CCCCC(C)N1CCC(CO)CC1. The molecule has 0 spiro atoms. The molecule has 88 valence electrons. The van der Waals surface area contributed by atoms with E-state index >= 15 is 0 Å². The maximum Gasteiger partial charge on any atom is 0.0460 e. The number of nitrogens with zero attached hydrogens (tertiary/aromatic N) is 1. The third-order valence-electron chi connectivity index (χ3n) is 3.56. The lowest BCUT2D eigenvalue weighted by molar-refractivity contribution is 0.102. The number of hydrogen-bond acceptors (Lipinski definition) is 2. The minimum atomic E-state index is 0.374. The highest BCUT2D eigenvalue weighted by molar-refractivity contribution is 4.77. The predicted octanol–water partition coefficient (Wildman–Crippen LogP) is 2.44. The summed E-state index contributed by atoms with van der Waals surface area (Å²) in [7, 11) is 0. The molecule has 1 aliphatic heterocycles. The molecule has 0 radical (unpaired) electrons. The Kier molecular flexibility index (Phi) is 5.96.